The van der Waals surface area contributed by atoms with E-state index in [4.69, 9.17) is 28.4 Å². The topological polar surface area (TPSA) is 92.7 Å². The Morgan fingerprint density at radius 1 is 0.872 bits per heavy atom. The summed E-state index contributed by atoms with van der Waals surface area (Å²) >= 11 is 0. The van der Waals surface area contributed by atoms with E-state index in [-0.39, 0.29) is 17.9 Å². The van der Waals surface area contributed by atoms with Gasteiger partial charge in [-0.1, -0.05) is 65.5 Å². The molecule has 4 aliphatic carbocycles. The first kappa shape index (κ1) is 37.1. The van der Waals surface area contributed by atoms with E-state index < -0.39 is 18.4 Å². The van der Waals surface area contributed by atoms with Crippen LogP contribution in [0.4, 0.5) is 4.79 Å². The molecule has 0 aromatic carbocycles. The Morgan fingerprint density at radius 3 is 2.23 bits per heavy atom. The summed E-state index contributed by atoms with van der Waals surface area (Å²) in [5, 5.41) is 9.84. The van der Waals surface area contributed by atoms with Crippen molar-refractivity contribution in [2.45, 2.75) is 117 Å². The number of ether oxygens (including phenoxy) is 6. The maximum absolute atomic E-state index is 12.0. The molecule has 1 N–H and O–H groups in total. The minimum atomic E-state index is -1.25. The lowest BCUT2D eigenvalue weighted by atomic mass is 9.46. The van der Waals surface area contributed by atoms with Crippen molar-refractivity contribution in [2.24, 2.45) is 52.3 Å². The number of hydrogen-bond donors (Lipinski definition) is 1. The fraction of sp³-hybridized carbons (Fsp3) is 0.923. The van der Waals surface area contributed by atoms with Crippen molar-refractivity contribution in [1.82, 2.24) is 0 Å². The van der Waals surface area contributed by atoms with Gasteiger partial charge in [0.2, 0.25) is 0 Å². The van der Waals surface area contributed by atoms with Gasteiger partial charge in [0.25, 0.3) is 0 Å². The van der Waals surface area contributed by atoms with Crippen LogP contribution in [0.2, 0.25) is 0 Å². The van der Waals surface area contributed by atoms with Crippen LogP contribution >= 0.6 is 0 Å². The summed E-state index contributed by atoms with van der Waals surface area (Å²) in [6, 6.07) is 0. The van der Waals surface area contributed by atoms with Crippen LogP contribution in [0.3, 0.4) is 0 Å². The average Bonchev–Trinajstić information content (AvgIpc) is 3.38. The quantitative estimate of drug-likeness (QED) is 0.206. The molecule has 1 aliphatic heterocycles. The van der Waals surface area contributed by atoms with Crippen molar-refractivity contribution in [3.05, 3.63) is 11.6 Å². The minimum Gasteiger partial charge on any atom is -0.450 e. The molecule has 5 aliphatic rings. The number of carbonyl (C=O) groups is 1. The van der Waals surface area contributed by atoms with E-state index in [0.29, 0.717) is 58.3 Å². The molecule has 0 radical (unpaired) electrons. The molecule has 4 fully saturated rings. The number of rotatable bonds is 8. The zero-order valence-electron chi connectivity index (χ0n) is 30.2. The van der Waals surface area contributed by atoms with E-state index in [1.54, 1.807) is 0 Å². The van der Waals surface area contributed by atoms with Gasteiger partial charge in [-0.05, 0) is 97.7 Å². The van der Waals surface area contributed by atoms with Gasteiger partial charge in [-0.2, -0.15) is 0 Å². The number of carboxylic acid groups (broad SMARTS) is 1. The van der Waals surface area contributed by atoms with Crippen LogP contribution in [0.1, 0.15) is 105 Å². The molecule has 0 aromatic heterocycles. The van der Waals surface area contributed by atoms with Gasteiger partial charge in [-0.25, -0.2) is 4.79 Å². The van der Waals surface area contributed by atoms with E-state index in [1.807, 2.05) is 0 Å². The van der Waals surface area contributed by atoms with Gasteiger partial charge >= 0.3 is 6.16 Å². The van der Waals surface area contributed by atoms with E-state index in [2.05, 4.69) is 40.7 Å². The highest BCUT2D eigenvalue weighted by Crippen LogP contribution is 2.67. The average molecular weight is 663 g/mol. The molecule has 0 bridgehead atoms. The van der Waals surface area contributed by atoms with Crippen molar-refractivity contribution < 1.29 is 38.3 Å². The summed E-state index contributed by atoms with van der Waals surface area (Å²) in [4.78, 5) is 12.0. The molecule has 10 atom stereocenters. The molecule has 0 spiro atoms. The zero-order chi connectivity index (χ0) is 33.4. The molecular weight excluding hydrogens is 596 g/mol. The summed E-state index contributed by atoms with van der Waals surface area (Å²) in [5.41, 5.74) is 2.19. The minimum absolute atomic E-state index is 0.0552. The van der Waals surface area contributed by atoms with Gasteiger partial charge in [-0.3, -0.25) is 0 Å². The van der Waals surface area contributed by atoms with Crippen molar-refractivity contribution in [1.29, 1.82) is 0 Å². The standard InChI is InChI=1S/C39H66O8/c1-27(2)7-6-8-28(3)32-11-12-33-31-10-9-30-25-29(13-15-38(30,4)34(31)14-16-39(32,33)5)36(47-37(40)41)35-26-45-22-21-43-18-17-42-19-20-44-23-24-46-35/h9,27-29,31-36H,6-8,10-26H2,1-5H3,(H,40,41)/t28-,29+,31+,32-,33+,34+,35?,36?,38+,39-/m1/s1. The molecule has 47 heavy (non-hydrogen) atoms. The summed E-state index contributed by atoms with van der Waals surface area (Å²) in [6.45, 7) is 16.3. The first-order chi connectivity index (χ1) is 22.6. The van der Waals surface area contributed by atoms with Gasteiger partial charge in [-0.15, -0.1) is 0 Å². The second-order valence-electron chi connectivity index (χ2n) is 16.5. The third-order valence-corrected chi connectivity index (χ3v) is 13.4. The van der Waals surface area contributed by atoms with E-state index >= 15 is 0 Å². The summed E-state index contributed by atoms with van der Waals surface area (Å²) in [7, 11) is 0. The van der Waals surface area contributed by atoms with Crippen molar-refractivity contribution in [2.75, 3.05) is 59.5 Å². The third kappa shape index (κ3) is 8.95. The van der Waals surface area contributed by atoms with Crippen LogP contribution in [0.5, 0.6) is 0 Å². The van der Waals surface area contributed by atoms with Gasteiger partial charge in [0.1, 0.15) is 12.2 Å². The van der Waals surface area contributed by atoms with E-state index in [9.17, 15) is 9.90 Å². The molecule has 1 saturated heterocycles. The molecule has 0 aromatic rings. The van der Waals surface area contributed by atoms with Gasteiger partial charge in [0.15, 0.2) is 0 Å². The first-order valence-electron chi connectivity index (χ1n) is 19.1. The molecule has 3 saturated carbocycles. The van der Waals surface area contributed by atoms with Gasteiger partial charge < -0.3 is 33.5 Å². The van der Waals surface area contributed by atoms with Crippen LogP contribution in [0.15, 0.2) is 11.6 Å². The van der Waals surface area contributed by atoms with Crippen molar-refractivity contribution >= 4 is 6.16 Å². The third-order valence-electron chi connectivity index (χ3n) is 13.4. The van der Waals surface area contributed by atoms with Crippen LogP contribution < -0.4 is 0 Å². The fourth-order valence-corrected chi connectivity index (χ4v) is 10.9. The Hall–Kier alpha value is -1.19. The molecule has 5 rings (SSSR count). The molecule has 0 amide bonds. The van der Waals surface area contributed by atoms with Gasteiger partial charge in [0, 0.05) is 5.92 Å². The number of allylic oxidation sites excluding steroid dienone is 2. The fourth-order valence-electron chi connectivity index (χ4n) is 10.9. The molecule has 270 valence electrons. The van der Waals surface area contributed by atoms with Crippen LogP contribution in [0.25, 0.3) is 0 Å². The Balaban J connectivity index is 1.26. The molecule has 8 nitrogen and oxygen atoms in total. The van der Waals surface area contributed by atoms with E-state index in [0.717, 1.165) is 54.8 Å². The lowest BCUT2D eigenvalue weighted by Crippen LogP contribution is -2.52. The Bertz CT molecular complexity index is 999. The predicted molar refractivity (Wildman–Crippen MR) is 182 cm³/mol. The molecule has 2 unspecified atom stereocenters. The van der Waals surface area contributed by atoms with Crippen molar-refractivity contribution in [3.8, 4) is 0 Å². The smallest absolute Gasteiger partial charge is 0.450 e. The lowest BCUT2D eigenvalue weighted by molar-refractivity contribution is -0.125. The highest BCUT2D eigenvalue weighted by molar-refractivity contribution is 5.57. The first-order valence-corrected chi connectivity index (χ1v) is 19.1. The van der Waals surface area contributed by atoms with Crippen LogP contribution in [-0.4, -0.2) is 82.9 Å². The zero-order valence-corrected chi connectivity index (χ0v) is 30.2. The summed E-state index contributed by atoms with van der Waals surface area (Å²) in [6.07, 6.45) is 13.9. The van der Waals surface area contributed by atoms with Crippen LogP contribution in [-0.2, 0) is 28.4 Å². The Morgan fingerprint density at radius 2 is 1.55 bits per heavy atom. The predicted octanol–water partition coefficient (Wildman–Crippen LogP) is 8.17. The maximum atomic E-state index is 12.0. The summed E-state index contributed by atoms with van der Waals surface area (Å²) in [5.74, 6) is 4.85. The molecule has 1 heterocycles. The van der Waals surface area contributed by atoms with Gasteiger partial charge in [0.05, 0.1) is 59.5 Å². The number of hydrogen-bond acceptors (Lipinski definition) is 7. The number of fused-ring (bicyclic) bond motifs is 5. The van der Waals surface area contributed by atoms with Crippen molar-refractivity contribution in [3.63, 3.8) is 0 Å². The second kappa shape index (κ2) is 17.2. The largest absolute Gasteiger partial charge is 0.506 e. The molecule has 8 heteroatoms. The summed E-state index contributed by atoms with van der Waals surface area (Å²) < 4.78 is 34.7. The van der Waals surface area contributed by atoms with E-state index in [1.165, 1.54) is 56.9 Å². The Kier molecular flexibility index (Phi) is 13.5. The lowest BCUT2D eigenvalue weighted by Gasteiger charge is -2.59. The normalized spacial score (nSPS) is 38.9. The second-order valence-corrected chi connectivity index (χ2v) is 16.5. The molecular formula is C39H66O8. The SMILES string of the molecule is CC(C)CCC[C@@H](C)[C@H]1CC[C@H]2[C@@H]3CC=C4C[C@@H](C(OC(=O)O)C5COCCOCCOCCOCCO5)CC[C@]4(C)[C@H]3CC[C@]12C. The Labute approximate surface area is 285 Å². The maximum Gasteiger partial charge on any atom is 0.506 e. The highest BCUT2D eigenvalue weighted by atomic mass is 16.7. The van der Waals surface area contributed by atoms with Crippen LogP contribution in [0, 0.1) is 52.3 Å². The highest BCUT2D eigenvalue weighted by Gasteiger charge is 2.59. The monoisotopic (exact) mass is 662 g/mol.